The van der Waals surface area contributed by atoms with Crippen molar-refractivity contribution in [1.29, 1.82) is 0 Å². The molecule has 0 saturated carbocycles. The summed E-state index contributed by atoms with van der Waals surface area (Å²) in [4.78, 5) is 10.1. The third-order valence-corrected chi connectivity index (χ3v) is 4.06. The lowest BCUT2D eigenvalue weighted by Gasteiger charge is -2.27. The van der Waals surface area contributed by atoms with E-state index in [4.69, 9.17) is 14.6 Å². The standard InChI is InChI=1S/C12H17N3O6S/c1-8-6-21-9(7-20-8)5-14-11-3-2-10(22(13,18)19)4-12(11)15(16)17/h2-4,8-9,14H,5-7H2,1H3,(H2,13,18,19)/t8-,9-/m1/s1. The van der Waals surface area contributed by atoms with Crippen LogP contribution >= 0.6 is 0 Å². The molecule has 2 rings (SSSR count). The van der Waals surface area contributed by atoms with Crippen molar-refractivity contribution in [2.45, 2.75) is 24.0 Å². The summed E-state index contributed by atoms with van der Waals surface area (Å²) in [6.07, 6.45) is -0.201. The van der Waals surface area contributed by atoms with Crippen LogP contribution in [-0.2, 0) is 19.5 Å². The van der Waals surface area contributed by atoms with Crippen LogP contribution in [0.2, 0.25) is 0 Å². The number of hydrogen-bond acceptors (Lipinski definition) is 7. The molecule has 0 spiro atoms. The zero-order valence-corrected chi connectivity index (χ0v) is 12.7. The molecule has 1 aliphatic rings. The largest absolute Gasteiger partial charge is 0.377 e. The van der Waals surface area contributed by atoms with Crippen LogP contribution in [0.1, 0.15) is 6.92 Å². The topological polar surface area (TPSA) is 134 Å². The Hall–Kier alpha value is -1.75. The van der Waals surface area contributed by atoms with E-state index in [1.807, 2.05) is 6.92 Å². The molecule has 22 heavy (non-hydrogen) atoms. The Morgan fingerprint density at radius 3 is 2.68 bits per heavy atom. The van der Waals surface area contributed by atoms with Gasteiger partial charge in [0.1, 0.15) is 5.69 Å². The second-order valence-corrected chi connectivity index (χ2v) is 6.52. The number of benzene rings is 1. The van der Waals surface area contributed by atoms with Crippen LogP contribution in [0.15, 0.2) is 23.1 Å². The number of nitro groups is 1. The van der Waals surface area contributed by atoms with Gasteiger partial charge in [-0.15, -0.1) is 0 Å². The van der Waals surface area contributed by atoms with E-state index in [1.165, 1.54) is 12.1 Å². The summed E-state index contributed by atoms with van der Waals surface area (Å²) >= 11 is 0. The minimum Gasteiger partial charge on any atom is -0.377 e. The molecular formula is C12H17N3O6S. The molecule has 122 valence electrons. The first kappa shape index (κ1) is 16.6. The van der Waals surface area contributed by atoms with Crippen LogP contribution in [-0.4, -0.2) is 45.3 Å². The van der Waals surface area contributed by atoms with Gasteiger partial charge in [0, 0.05) is 12.6 Å². The molecule has 1 aromatic carbocycles. The highest BCUT2D eigenvalue weighted by Crippen LogP contribution is 2.27. The number of nitro benzene ring substituents is 1. The van der Waals surface area contributed by atoms with Gasteiger partial charge in [0.15, 0.2) is 0 Å². The van der Waals surface area contributed by atoms with E-state index in [1.54, 1.807) is 0 Å². The minimum absolute atomic E-state index is 0.0274. The van der Waals surface area contributed by atoms with E-state index < -0.39 is 14.9 Å². The number of nitrogens with one attached hydrogen (secondary N) is 1. The molecule has 9 nitrogen and oxygen atoms in total. The molecule has 2 atom stereocenters. The van der Waals surface area contributed by atoms with Crippen molar-refractivity contribution >= 4 is 21.4 Å². The first-order valence-corrected chi connectivity index (χ1v) is 8.10. The minimum atomic E-state index is -3.99. The van der Waals surface area contributed by atoms with Crippen LogP contribution in [0.3, 0.4) is 0 Å². The third kappa shape index (κ3) is 4.13. The van der Waals surface area contributed by atoms with Crippen molar-refractivity contribution in [2.75, 3.05) is 25.1 Å². The average molecular weight is 331 g/mol. The molecule has 0 radical (unpaired) electrons. The Morgan fingerprint density at radius 2 is 2.14 bits per heavy atom. The maximum atomic E-state index is 11.3. The number of nitrogens with zero attached hydrogens (tertiary/aromatic N) is 1. The third-order valence-electron chi connectivity index (χ3n) is 3.15. The molecule has 1 saturated heterocycles. The number of anilines is 1. The molecule has 0 aromatic heterocycles. The predicted molar refractivity (Wildman–Crippen MR) is 78.1 cm³/mol. The lowest BCUT2D eigenvalue weighted by molar-refractivity contribution is -0.384. The Balaban J connectivity index is 2.12. The SMILES string of the molecule is C[C@@H]1CO[C@H](CNc2ccc(S(N)(=O)=O)cc2[N+](=O)[O-])CO1. The zero-order valence-electron chi connectivity index (χ0n) is 11.9. The maximum absolute atomic E-state index is 11.3. The van der Waals surface area contributed by atoms with Gasteiger partial charge in [0.25, 0.3) is 5.69 Å². The van der Waals surface area contributed by atoms with Crippen molar-refractivity contribution in [2.24, 2.45) is 5.14 Å². The molecule has 1 heterocycles. The summed E-state index contributed by atoms with van der Waals surface area (Å²) in [7, 11) is -3.99. The van der Waals surface area contributed by atoms with E-state index in [-0.39, 0.29) is 28.5 Å². The van der Waals surface area contributed by atoms with Gasteiger partial charge in [-0.3, -0.25) is 10.1 Å². The fourth-order valence-corrected chi connectivity index (χ4v) is 2.50. The van der Waals surface area contributed by atoms with E-state index in [9.17, 15) is 18.5 Å². The number of rotatable bonds is 5. The lowest BCUT2D eigenvalue weighted by Crippen LogP contribution is -2.38. The predicted octanol–water partition coefficient (Wildman–Crippen LogP) is 0.458. The van der Waals surface area contributed by atoms with Crippen LogP contribution in [0.25, 0.3) is 0 Å². The number of nitrogens with two attached hydrogens (primary N) is 1. The quantitative estimate of drug-likeness (QED) is 0.591. The second-order valence-electron chi connectivity index (χ2n) is 4.96. The van der Waals surface area contributed by atoms with Gasteiger partial charge >= 0.3 is 0 Å². The Kier molecular flexibility index (Phi) is 4.96. The van der Waals surface area contributed by atoms with Gasteiger partial charge in [0.2, 0.25) is 10.0 Å². The Bertz CT molecular complexity index is 655. The Morgan fingerprint density at radius 1 is 1.41 bits per heavy atom. The van der Waals surface area contributed by atoms with Gasteiger partial charge in [-0.1, -0.05) is 0 Å². The van der Waals surface area contributed by atoms with Gasteiger partial charge < -0.3 is 14.8 Å². The number of primary sulfonamides is 1. The van der Waals surface area contributed by atoms with Crippen LogP contribution < -0.4 is 10.5 Å². The fraction of sp³-hybridized carbons (Fsp3) is 0.500. The smallest absolute Gasteiger partial charge is 0.293 e. The van der Waals surface area contributed by atoms with Crippen LogP contribution in [0.5, 0.6) is 0 Å². The van der Waals surface area contributed by atoms with Crippen LogP contribution in [0, 0.1) is 10.1 Å². The molecular weight excluding hydrogens is 314 g/mol. The molecule has 0 amide bonds. The monoisotopic (exact) mass is 331 g/mol. The summed E-state index contributed by atoms with van der Waals surface area (Å²) in [5.74, 6) is 0. The van der Waals surface area contributed by atoms with Gasteiger partial charge in [-0.2, -0.15) is 0 Å². The van der Waals surface area contributed by atoms with Crippen molar-refractivity contribution < 1.29 is 22.8 Å². The maximum Gasteiger partial charge on any atom is 0.293 e. The summed E-state index contributed by atoms with van der Waals surface area (Å²) in [6, 6.07) is 3.45. The summed E-state index contributed by atoms with van der Waals surface area (Å²) in [5.41, 5.74) is -0.170. The normalized spacial score (nSPS) is 22.3. The van der Waals surface area contributed by atoms with Crippen molar-refractivity contribution in [3.05, 3.63) is 28.3 Å². The van der Waals surface area contributed by atoms with E-state index >= 15 is 0 Å². The second kappa shape index (κ2) is 6.57. The van der Waals surface area contributed by atoms with E-state index in [2.05, 4.69) is 5.32 Å². The number of sulfonamides is 1. The van der Waals surface area contributed by atoms with E-state index in [0.717, 1.165) is 6.07 Å². The first-order valence-electron chi connectivity index (χ1n) is 6.55. The highest BCUT2D eigenvalue weighted by molar-refractivity contribution is 7.89. The summed E-state index contributed by atoms with van der Waals surface area (Å²) < 4.78 is 33.4. The number of hydrogen-bond donors (Lipinski definition) is 2. The van der Waals surface area contributed by atoms with Gasteiger partial charge in [-0.25, -0.2) is 13.6 Å². The summed E-state index contributed by atoms with van der Waals surface area (Å²) in [6.45, 7) is 3.04. The molecule has 3 N–H and O–H groups in total. The molecule has 0 aliphatic carbocycles. The highest BCUT2D eigenvalue weighted by atomic mass is 32.2. The molecule has 1 fully saturated rings. The molecule has 10 heteroatoms. The average Bonchev–Trinajstić information content (AvgIpc) is 2.45. The zero-order chi connectivity index (χ0) is 16.3. The molecule has 0 unspecified atom stereocenters. The van der Waals surface area contributed by atoms with Crippen molar-refractivity contribution in [1.82, 2.24) is 0 Å². The highest BCUT2D eigenvalue weighted by Gasteiger charge is 2.22. The Labute approximate surface area is 127 Å². The van der Waals surface area contributed by atoms with Gasteiger partial charge in [-0.05, 0) is 19.1 Å². The molecule has 1 aromatic rings. The molecule has 0 bridgehead atoms. The van der Waals surface area contributed by atoms with Crippen molar-refractivity contribution in [3.8, 4) is 0 Å². The first-order chi connectivity index (χ1) is 10.3. The molecule has 1 aliphatic heterocycles. The fourth-order valence-electron chi connectivity index (χ4n) is 1.97. The van der Waals surface area contributed by atoms with Crippen molar-refractivity contribution in [3.63, 3.8) is 0 Å². The number of ether oxygens (including phenoxy) is 2. The van der Waals surface area contributed by atoms with E-state index in [0.29, 0.717) is 19.8 Å². The lowest BCUT2D eigenvalue weighted by atomic mass is 10.2. The van der Waals surface area contributed by atoms with Gasteiger partial charge in [0.05, 0.1) is 35.2 Å². The summed E-state index contributed by atoms with van der Waals surface area (Å²) in [5, 5.41) is 18.9. The van der Waals surface area contributed by atoms with Crippen LogP contribution in [0.4, 0.5) is 11.4 Å².